The highest BCUT2D eigenvalue weighted by atomic mass is 79.9. The van der Waals surface area contributed by atoms with E-state index < -0.39 is 0 Å². The van der Waals surface area contributed by atoms with Crippen LogP contribution in [0.4, 0.5) is 4.39 Å². The molecule has 0 saturated carbocycles. The van der Waals surface area contributed by atoms with Gasteiger partial charge in [-0.3, -0.25) is 0 Å². The van der Waals surface area contributed by atoms with Crippen molar-refractivity contribution in [3.8, 4) is 0 Å². The zero-order valence-electron chi connectivity index (χ0n) is 11.6. The van der Waals surface area contributed by atoms with Gasteiger partial charge in [0.1, 0.15) is 5.82 Å². The van der Waals surface area contributed by atoms with Gasteiger partial charge in [-0.15, -0.1) is 0 Å². The molecule has 0 aliphatic carbocycles. The summed E-state index contributed by atoms with van der Waals surface area (Å²) in [5, 5.41) is 0. The highest BCUT2D eigenvalue weighted by Crippen LogP contribution is 2.31. The van der Waals surface area contributed by atoms with Crippen LogP contribution in [-0.2, 0) is 0 Å². The molecule has 3 heteroatoms. The van der Waals surface area contributed by atoms with Gasteiger partial charge in [0.15, 0.2) is 0 Å². The fraction of sp³-hybridized carbons (Fsp3) is 0.600. The van der Waals surface area contributed by atoms with E-state index in [0.717, 1.165) is 12.8 Å². The first-order chi connectivity index (χ1) is 8.20. The lowest BCUT2D eigenvalue weighted by molar-refractivity contribution is 0.285. The van der Waals surface area contributed by atoms with Gasteiger partial charge in [0.25, 0.3) is 0 Å². The van der Waals surface area contributed by atoms with E-state index in [0.29, 0.717) is 16.0 Å². The third-order valence-electron chi connectivity index (χ3n) is 3.00. The first-order valence-electron chi connectivity index (χ1n) is 6.40. The van der Waals surface area contributed by atoms with Gasteiger partial charge in [0, 0.05) is 11.6 Å². The Balaban J connectivity index is 2.71. The van der Waals surface area contributed by atoms with Crippen LogP contribution in [0.1, 0.15) is 52.1 Å². The molecule has 2 unspecified atom stereocenters. The van der Waals surface area contributed by atoms with Crippen molar-refractivity contribution in [2.45, 2.75) is 46.6 Å². The van der Waals surface area contributed by atoms with E-state index in [-0.39, 0.29) is 17.3 Å². The van der Waals surface area contributed by atoms with Crippen LogP contribution in [0.2, 0.25) is 0 Å². The minimum Gasteiger partial charge on any atom is -0.324 e. The molecule has 1 aromatic carbocycles. The molecule has 1 aromatic rings. The molecule has 2 N–H and O–H groups in total. The molecule has 2 atom stereocenters. The van der Waals surface area contributed by atoms with Crippen molar-refractivity contribution in [1.82, 2.24) is 0 Å². The van der Waals surface area contributed by atoms with Crippen LogP contribution in [0, 0.1) is 17.2 Å². The van der Waals surface area contributed by atoms with Gasteiger partial charge >= 0.3 is 0 Å². The van der Waals surface area contributed by atoms with Crippen molar-refractivity contribution in [3.63, 3.8) is 0 Å². The van der Waals surface area contributed by atoms with E-state index in [2.05, 4.69) is 43.6 Å². The Labute approximate surface area is 118 Å². The summed E-state index contributed by atoms with van der Waals surface area (Å²) in [7, 11) is 0. The monoisotopic (exact) mass is 315 g/mol. The molecule has 0 heterocycles. The maximum atomic E-state index is 13.9. The largest absolute Gasteiger partial charge is 0.324 e. The molecule has 0 aliphatic heterocycles. The molecule has 0 aliphatic rings. The average molecular weight is 316 g/mol. The summed E-state index contributed by atoms with van der Waals surface area (Å²) in [4.78, 5) is 0. The zero-order chi connectivity index (χ0) is 13.9. The summed E-state index contributed by atoms with van der Waals surface area (Å²) >= 11 is 3.20. The van der Waals surface area contributed by atoms with E-state index in [1.165, 1.54) is 0 Å². The Morgan fingerprint density at radius 2 is 1.94 bits per heavy atom. The van der Waals surface area contributed by atoms with Gasteiger partial charge in [0.05, 0.1) is 4.47 Å². The second kappa shape index (κ2) is 6.16. The Bertz CT molecular complexity index is 398. The van der Waals surface area contributed by atoms with Gasteiger partial charge in [-0.2, -0.15) is 0 Å². The Kier molecular flexibility index (Phi) is 5.35. The lowest BCUT2D eigenvalue weighted by atomic mass is 9.82. The van der Waals surface area contributed by atoms with Crippen LogP contribution in [0.25, 0.3) is 0 Å². The number of rotatable bonds is 4. The van der Waals surface area contributed by atoms with Crippen molar-refractivity contribution < 1.29 is 4.39 Å². The highest BCUT2D eigenvalue weighted by Gasteiger charge is 2.20. The van der Waals surface area contributed by atoms with Crippen LogP contribution in [-0.4, -0.2) is 0 Å². The first kappa shape index (κ1) is 15.6. The quantitative estimate of drug-likeness (QED) is 0.826. The molecular formula is C15H23BrFN. The van der Waals surface area contributed by atoms with Crippen molar-refractivity contribution in [2.24, 2.45) is 17.1 Å². The average Bonchev–Trinajstić information content (AvgIpc) is 2.18. The van der Waals surface area contributed by atoms with Crippen LogP contribution >= 0.6 is 15.9 Å². The van der Waals surface area contributed by atoms with E-state index in [1.54, 1.807) is 12.1 Å². The van der Waals surface area contributed by atoms with Crippen LogP contribution in [0.5, 0.6) is 0 Å². The van der Waals surface area contributed by atoms with E-state index in [9.17, 15) is 4.39 Å². The SMILES string of the molecule is CC(CC(N)c1cccc(Br)c1F)CC(C)(C)C. The molecule has 1 nitrogen and oxygen atoms in total. The second-order valence-corrected chi connectivity index (χ2v) is 7.21. The van der Waals surface area contributed by atoms with Crippen molar-refractivity contribution >= 4 is 15.9 Å². The fourth-order valence-corrected chi connectivity index (χ4v) is 2.88. The first-order valence-corrected chi connectivity index (χ1v) is 7.19. The molecule has 0 radical (unpaired) electrons. The standard InChI is InChI=1S/C15H23BrFN/c1-10(9-15(2,3)4)8-13(18)11-6-5-7-12(16)14(11)17/h5-7,10,13H,8-9,18H2,1-4H3. The van der Waals surface area contributed by atoms with Gasteiger partial charge in [0.2, 0.25) is 0 Å². The summed E-state index contributed by atoms with van der Waals surface area (Å²) in [6.45, 7) is 8.83. The minimum absolute atomic E-state index is 0.229. The molecule has 18 heavy (non-hydrogen) atoms. The summed E-state index contributed by atoms with van der Waals surface area (Å²) < 4.78 is 14.4. The molecule has 0 aromatic heterocycles. The van der Waals surface area contributed by atoms with Gasteiger partial charge in [-0.25, -0.2) is 4.39 Å². The summed E-state index contributed by atoms with van der Waals surface area (Å²) in [5.74, 6) is 0.256. The molecule has 102 valence electrons. The van der Waals surface area contributed by atoms with Gasteiger partial charge < -0.3 is 5.73 Å². The number of nitrogens with two attached hydrogens (primary N) is 1. The van der Waals surface area contributed by atoms with Crippen molar-refractivity contribution in [2.75, 3.05) is 0 Å². The van der Waals surface area contributed by atoms with E-state index in [1.807, 2.05) is 6.07 Å². The number of benzene rings is 1. The zero-order valence-corrected chi connectivity index (χ0v) is 13.2. The van der Waals surface area contributed by atoms with E-state index >= 15 is 0 Å². The van der Waals surface area contributed by atoms with Crippen LogP contribution < -0.4 is 5.73 Å². The lowest BCUT2D eigenvalue weighted by Gasteiger charge is -2.25. The predicted molar refractivity (Wildman–Crippen MR) is 78.9 cm³/mol. The minimum atomic E-state index is -0.236. The van der Waals surface area contributed by atoms with Crippen LogP contribution in [0.3, 0.4) is 0 Å². The lowest BCUT2D eigenvalue weighted by Crippen LogP contribution is -2.19. The summed E-state index contributed by atoms with van der Waals surface area (Å²) in [5.41, 5.74) is 7.01. The predicted octanol–water partition coefficient (Wildman–Crippen LogP) is 5.05. The Hall–Kier alpha value is -0.410. The summed E-state index contributed by atoms with van der Waals surface area (Å²) in [6, 6.07) is 5.06. The van der Waals surface area contributed by atoms with Crippen molar-refractivity contribution in [3.05, 3.63) is 34.1 Å². The Morgan fingerprint density at radius 3 is 2.50 bits per heavy atom. The normalized spacial score (nSPS) is 15.5. The molecular weight excluding hydrogens is 293 g/mol. The Morgan fingerprint density at radius 1 is 1.33 bits per heavy atom. The molecule has 0 spiro atoms. The van der Waals surface area contributed by atoms with Crippen molar-refractivity contribution in [1.29, 1.82) is 0 Å². The number of halogens is 2. The number of hydrogen-bond acceptors (Lipinski definition) is 1. The molecule has 0 bridgehead atoms. The maximum Gasteiger partial charge on any atom is 0.142 e. The number of hydrogen-bond donors (Lipinski definition) is 1. The molecule has 0 fully saturated rings. The molecule has 1 rings (SSSR count). The van der Waals surface area contributed by atoms with E-state index in [4.69, 9.17) is 5.73 Å². The topological polar surface area (TPSA) is 26.0 Å². The molecule has 0 amide bonds. The highest BCUT2D eigenvalue weighted by molar-refractivity contribution is 9.10. The third kappa shape index (κ3) is 4.69. The third-order valence-corrected chi connectivity index (χ3v) is 3.61. The second-order valence-electron chi connectivity index (χ2n) is 6.36. The maximum absolute atomic E-state index is 13.9. The summed E-state index contributed by atoms with van der Waals surface area (Å²) in [6.07, 6.45) is 1.90. The fourth-order valence-electron chi connectivity index (χ4n) is 2.50. The van der Waals surface area contributed by atoms with Gasteiger partial charge in [-0.1, -0.05) is 39.8 Å². The van der Waals surface area contributed by atoms with Crippen LogP contribution in [0.15, 0.2) is 22.7 Å². The smallest absolute Gasteiger partial charge is 0.142 e. The van der Waals surface area contributed by atoms with Gasteiger partial charge in [-0.05, 0) is 46.2 Å². The molecule has 0 saturated heterocycles.